The number of benzene rings is 3. The van der Waals surface area contributed by atoms with Crippen molar-refractivity contribution in [2.24, 2.45) is 5.92 Å². The quantitative estimate of drug-likeness (QED) is 0.537. The Kier molecular flexibility index (Phi) is 5.95. The first-order chi connectivity index (χ1) is 12.2. The lowest BCUT2D eigenvalue weighted by Gasteiger charge is -2.29. The number of rotatable bonds is 6. The maximum absolute atomic E-state index is 2.63. The van der Waals surface area contributed by atoms with E-state index in [4.69, 9.17) is 0 Å². The van der Waals surface area contributed by atoms with Crippen LogP contribution in [0.3, 0.4) is 0 Å². The topological polar surface area (TPSA) is 0 Å². The minimum absolute atomic E-state index is 0.723. The summed E-state index contributed by atoms with van der Waals surface area (Å²) in [5.41, 5.74) is 0. The maximum atomic E-state index is 2.63. The summed E-state index contributed by atoms with van der Waals surface area (Å²) >= 11 is 0. The molecule has 0 spiro atoms. The SMILES string of the molecule is CC(C)CCC=P(c1ccccc1)(c1ccccc1)c1ccccc1. The highest BCUT2D eigenvalue weighted by atomic mass is 31.2. The van der Waals surface area contributed by atoms with Crippen LogP contribution >= 0.6 is 6.89 Å². The van der Waals surface area contributed by atoms with Gasteiger partial charge in [-0.3, -0.25) is 0 Å². The first-order valence-corrected chi connectivity index (χ1v) is 11.0. The molecule has 128 valence electrons. The zero-order valence-electron chi connectivity index (χ0n) is 15.2. The molecule has 3 aromatic rings. The van der Waals surface area contributed by atoms with Crippen LogP contribution in [0, 0.1) is 5.92 Å². The monoisotopic (exact) mass is 346 g/mol. The van der Waals surface area contributed by atoms with Crippen LogP contribution in [-0.2, 0) is 0 Å². The molecule has 0 aliphatic rings. The molecule has 0 bridgehead atoms. The first kappa shape index (κ1) is 17.8. The molecule has 0 aromatic heterocycles. The van der Waals surface area contributed by atoms with Crippen LogP contribution in [-0.4, -0.2) is 5.80 Å². The lowest BCUT2D eigenvalue weighted by molar-refractivity contribution is 0.608. The van der Waals surface area contributed by atoms with Crippen LogP contribution in [0.4, 0.5) is 0 Å². The van der Waals surface area contributed by atoms with Crippen molar-refractivity contribution in [2.45, 2.75) is 26.7 Å². The van der Waals surface area contributed by atoms with Gasteiger partial charge in [0, 0.05) is 0 Å². The van der Waals surface area contributed by atoms with E-state index in [1.165, 1.54) is 22.3 Å². The van der Waals surface area contributed by atoms with Crippen LogP contribution in [0.1, 0.15) is 26.7 Å². The molecule has 0 saturated heterocycles. The summed E-state index contributed by atoms with van der Waals surface area (Å²) < 4.78 is 0. The fourth-order valence-electron chi connectivity index (χ4n) is 3.35. The highest BCUT2D eigenvalue weighted by Gasteiger charge is 2.24. The van der Waals surface area contributed by atoms with Gasteiger partial charge in [-0.25, -0.2) is 0 Å². The summed E-state index contributed by atoms with van der Waals surface area (Å²) in [6.45, 7) is 2.88. The average Bonchev–Trinajstić information content (AvgIpc) is 2.67. The lowest BCUT2D eigenvalue weighted by atomic mass is 10.1. The second-order valence-corrected chi connectivity index (χ2v) is 10.2. The van der Waals surface area contributed by atoms with E-state index in [0.29, 0.717) is 0 Å². The second-order valence-electron chi connectivity index (χ2n) is 6.88. The van der Waals surface area contributed by atoms with E-state index < -0.39 is 6.89 Å². The van der Waals surface area contributed by atoms with Gasteiger partial charge in [-0.1, -0.05) is 111 Å². The molecule has 0 heterocycles. The standard InChI is InChI=1S/C24H27P/c1-21(2)13-12-20-25(22-14-6-3-7-15-22,23-16-8-4-9-17-23)24-18-10-5-11-19-24/h3-11,14-21H,12-13H2,1-2H3. The Morgan fingerprint density at radius 3 is 1.32 bits per heavy atom. The van der Waals surface area contributed by atoms with E-state index in [9.17, 15) is 0 Å². The van der Waals surface area contributed by atoms with Gasteiger partial charge in [0.25, 0.3) is 0 Å². The number of hydrogen-bond donors (Lipinski definition) is 0. The molecular weight excluding hydrogens is 319 g/mol. The molecule has 0 saturated carbocycles. The van der Waals surface area contributed by atoms with Gasteiger partial charge in [0.1, 0.15) is 0 Å². The molecule has 0 aliphatic carbocycles. The van der Waals surface area contributed by atoms with Crippen LogP contribution in [0.2, 0.25) is 0 Å². The predicted octanol–water partition coefficient (Wildman–Crippen LogP) is 5.22. The first-order valence-electron chi connectivity index (χ1n) is 9.13. The Bertz CT molecular complexity index is 714. The average molecular weight is 346 g/mol. The fourth-order valence-corrected chi connectivity index (χ4v) is 7.34. The van der Waals surface area contributed by atoms with Crippen molar-refractivity contribution >= 4 is 28.6 Å². The molecule has 0 atom stereocenters. The van der Waals surface area contributed by atoms with Crippen molar-refractivity contribution in [3.63, 3.8) is 0 Å². The Hall–Kier alpha value is -2.04. The van der Waals surface area contributed by atoms with E-state index in [1.807, 2.05) is 0 Å². The smallest absolute Gasteiger partial charge is 0.0163 e. The van der Waals surface area contributed by atoms with Crippen LogP contribution in [0.5, 0.6) is 0 Å². The van der Waals surface area contributed by atoms with Crippen molar-refractivity contribution in [1.29, 1.82) is 0 Å². The van der Waals surface area contributed by atoms with Crippen LogP contribution in [0.25, 0.3) is 0 Å². The van der Waals surface area contributed by atoms with Crippen LogP contribution in [0.15, 0.2) is 91.0 Å². The molecule has 0 radical (unpaired) electrons. The lowest BCUT2D eigenvalue weighted by Crippen LogP contribution is -2.27. The van der Waals surface area contributed by atoms with Gasteiger partial charge in [0.05, 0.1) is 0 Å². The summed E-state index contributed by atoms with van der Waals surface area (Å²) in [5.74, 6) is 3.35. The van der Waals surface area contributed by atoms with Crippen molar-refractivity contribution in [3.8, 4) is 0 Å². The van der Waals surface area contributed by atoms with Gasteiger partial charge in [-0.05, 0) is 41.6 Å². The molecular formula is C24H27P. The Labute approximate surface area is 152 Å². The summed E-state index contributed by atoms with van der Waals surface area (Å²) in [5, 5.41) is 4.32. The molecule has 0 amide bonds. The third-order valence-corrected chi connectivity index (χ3v) is 8.78. The zero-order valence-corrected chi connectivity index (χ0v) is 16.1. The summed E-state index contributed by atoms with van der Waals surface area (Å²) in [6.07, 6.45) is 2.37. The van der Waals surface area contributed by atoms with Gasteiger partial charge in [0.2, 0.25) is 0 Å². The van der Waals surface area contributed by atoms with Crippen molar-refractivity contribution in [3.05, 3.63) is 91.0 Å². The normalized spacial score (nSPS) is 11.5. The van der Waals surface area contributed by atoms with E-state index in [-0.39, 0.29) is 0 Å². The Balaban J connectivity index is 2.28. The van der Waals surface area contributed by atoms with Crippen LogP contribution < -0.4 is 15.9 Å². The highest BCUT2D eigenvalue weighted by molar-refractivity contribution is 7.94. The summed E-state index contributed by atoms with van der Waals surface area (Å²) in [6, 6.07) is 33.2. The second kappa shape index (κ2) is 8.37. The van der Waals surface area contributed by atoms with E-state index in [0.717, 1.165) is 12.3 Å². The van der Waals surface area contributed by atoms with Gasteiger partial charge in [-0.15, -0.1) is 0 Å². The van der Waals surface area contributed by atoms with E-state index >= 15 is 0 Å². The van der Waals surface area contributed by atoms with Gasteiger partial charge < -0.3 is 0 Å². The molecule has 25 heavy (non-hydrogen) atoms. The minimum Gasteiger partial charge on any atom is -0.0742 e. The molecule has 0 fully saturated rings. The minimum atomic E-state index is -1.73. The molecule has 3 rings (SSSR count). The molecule has 0 N–H and O–H groups in total. The third-order valence-electron chi connectivity index (χ3n) is 4.64. The van der Waals surface area contributed by atoms with E-state index in [2.05, 4.69) is 111 Å². The highest BCUT2D eigenvalue weighted by Crippen LogP contribution is 2.44. The molecule has 0 nitrogen and oxygen atoms in total. The molecule has 3 aromatic carbocycles. The third kappa shape index (κ3) is 3.97. The predicted molar refractivity (Wildman–Crippen MR) is 115 cm³/mol. The molecule has 1 heteroatoms. The van der Waals surface area contributed by atoms with Crippen molar-refractivity contribution in [2.75, 3.05) is 0 Å². The van der Waals surface area contributed by atoms with Gasteiger partial charge in [-0.2, -0.15) is 0 Å². The van der Waals surface area contributed by atoms with Crippen molar-refractivity contribution in [1.82, 2.24) is 0 Å². The Morgan fingerprint density at radius 2 is 1.00 bits per heavy atom. The molecule has 0 unspecified atom stereocenters. The Morgan fingerprint density at radius 1 is 0.640 bits per heavy atom. The fraction of sp³-hybridized carbons (Fsp3) is 0.208. The van der Waals surface area contributed by atoms with E-state index in [1.54, 1.807) is 0 Å². The maximum Gasteiger partial charge on any atom is -0.0163 e. The largest absolute Gasteiger partial charge is 0.0742 e. The zero-order chi connectivity index (χ0) is 17.5. The van der Waals surface area contributed by atoms with Gasteiger partial charge >= 0.3 is 0 Å². The number of hydrogen-bond acceptors (Lipinski definition) is 0. The van der Waals surface area contributed by atoms with Gasteiger partial charge in [0.15, 0.2) is 0 Å². The van der Waals surface area contributed by atoms with Crippen molar-refractivity contribution < 1.29 is 0 Å². The summed E-state index contributed by atoms with van der Waals surface area (Å²) in [7, 11) is 0. The molecule has 0 aliphatic heterocycles. The summed E-state index contributed by atoms with van der Waals surface area (Å²) in [4.78, 5) is 0.